The van der Waals surface area contributed by atoms with Crippen LogP contribution in [0.15, 0.2) is 78.6 Å². The summed E-state index contributed by atoms with van der Waals surface area (Å²) in [6, 6.07) is 13.5. The maximum Gasteiger partial charge on any atom is 0.573 e. The molecule has 1 amide bonds. The zero-order valence-electron chi connectivity index (χ0n) is 17.2. The van der Waals surface area contributed by atoms with Gasteiger partial charge in [-0.15, -0.1) is 13.2 Å². The van der Waals surface area contributed by atoms with Gasteiger partial charge in [0.2, 0.25) is 0 Å². The van der Waals surface area contributed by atoms with E-state index in [4.69, 9.17) is 0 Å². The predicted octanol–water partition coefficient (Wildman–Crippen LogP) is 4.91. The van der Waals surface area contributed by atoms with E-state index in [-0.39, 0.29) is 17.0 Å². The van der Waals surface area contributed by atoms with E-state index in [0.717, 1.165) is 22.6 Å². The summed E-state index contributed by atoms with van der Waals surface area (Å²) in [6.45, 7) is 1.86. The summed E-state index contributed by atoms with van der Waals surface area (Å²) in [5, 5.41) is 11.0. The summed E-state index contributed by atoms with van der Waals surface area (Å²) in [6.07, 6.45) is -2.03. The summed E-state index contributed by atoms with van der Waals surface area (Å²) in [5.41, 5.74) is 1.52. The van der Waals surface area contributed by atoms with Crippen LogP contribution in [0, 0.1) is 6.92 Å². The lowest BCUT2D eigenvalue weighted by molar-refractivity contribution is -0.274. The number of pyridine rings is 1. The smallest absolute Gasteiger partial charge is 0.507 e. The number of amides is 1. The van der Waals surface area contributed by atoms with Crippen molar-refractivity contribution in [1.29, 1.82) is 0 Å². The van der Waals surface area contributed by atoms with Gasteiger partial charge >= 0.3 is 6.36 Å². The second-order valence-electron chi connectivity index (χ2n) is 7.36. The lowest BCUT2D eigenvalue weighted by Crippen LogP contribution is -2.29. The molecule has 9 heteroatoms. The molecule has 2 aromatic carbocycles. The van der Waals surface area contributed by atoms with Gasteiger partial charge in [0.1, 0.15) is 11.5 Å². The topological polar surface area (TPSA) is 79.7 Å². The van der Waals surface area contributed by atoms with Gasteiger partial charge in [-0.2, -0.15) is 0 Å². The Morgan fingerprint density at radius 3 is 2.33 bits per heavy atom. The van der Waals surface area contributed by atoms with Crippen molar-refractivity contribution in [2.45, 2.75) is 19.3 Å². The molecule has 0 spiro atoms. The average Bonchev–Trinajstić information content (AvgIpc) is 3.04. The summed E-state index contributed by atoms with van der Waals surface area (Å²) < 4.78 is 42.1. The molecule has 1 fully saturated rings. The Labute approximate surface area is 186 Å². The number of ketones is 1. The summed E-state index contributed by atoms with van der Waals surface area (Å²) in [5.74, 6) is -2.89. The largest absolute Gasteiger partial charge is 0.573 e. The number of anilines is 1. The van der Waals surface area contributed by atoms with E-state index in [9.17, 15) is 27.9 Å². The van der Waals surface area contributed by atoms with Gasteiger partial charge in [-0.1, -0.05) is 35.9 Å². The third-order valence-electron chi connectivity index (χ3n) is 5.12. The van der Waals surface area contributed by atoms with Crippen LogP contribution >= 0.6 is 0 Å². The Balaban J connectivity index is 1.88. The first-order valence-corrected chi connectivity index (χ1v) is 9.79. The SMILES string of the molecule is Cc1ccc(/C(O)=C2\C(=O)C(=O)N(c3cccc(OC(F)(F)F)c3)C2c2ccncc2)cc1. The molecule has 1 N–H and O–H groups in total. The lowest BCUT2D eigenvalue weighted by atomic mass is 9.95. The van der Waals surface area contributed by atoms with Gasteiger partial charge < -0.3 is 9.84 Å². The number of nitrogens with zero attached hydrogens (tertiary/aromatic N) is 2. The number of aliphatic hydroxyl groups excluding tert-OH is 1. The first-order valence-electron chi connectivity index (χ1n) is 9.79. The van der Waals surface area contributed by atoms with Gasteiger partial charge in [-0.05, 0) is 36.8 Å². The minimum Gasteiger partial charge on any atom is -0.507 e. The zero-order chi connectivity index (χ0) is 23.8. The van der Waals surface area contributed by atoms with Gasteiger partial charge in [0.25, 0.3) is 11.7 Å². The van der Waals surface area contributed by atoms with Crippen molar-refractivity contribution in [3.63, 3.8) is 0 Å². The molecule has 1 unspecified atom stereocenters. The zero-order valence-corrected chi connectivity index (χ0v) is 17.2. The maximum absolute atomic E-state index is 13.0. The molecule has 0 bridgehead atoms. The van der Waals surface area contributed by atoms with E-state index < -0.39 is 29.8 Å². The number of ether oxygens (including phenoxy) is 1. The molecule has 3 aromatic rings. The van der Waals surface area contributed by atoms with Crippen LogP contribution in [0.25, 0.3) is 5.76 Å². The minimum absolute atomic E-state index is 0.00335. The number of benzene rings is 2. The number of halogens is 3. The molecule has 168 valence electrons. The summed E-state index contributed by atoms with van der Waals surface area (Å²) >= 11 is 0. The summed E-state index contributed by atoms with van der Waals surface area (Å²) in [7, 11) is 0. The van der Waals surface area contributed by atoms with Crippen LogP contribution in [0.5, 0.6) is 5.75 Å². The first-order chi connectivity index (χ1) is 15.7. The van der Waals surface area contributed by atoms with Crippen LogP contribution in [0.1, 0.15) is 22.7 Å². The molecule has 33 heavy (non-hydrogen) atoms. The van der Waals surface area contributed by atoms with E-state index in [0.29, 0.717) is 11.1 Å². The number of carbonyl (C=O) groups is 2. The Morgan fingerprint density at radius 2 is 1.70 bits per heavy atom. The Bertz CT molecular complexity index is 1240. The van der Waals surface area contributed by atoms with E-state index in [1.807, 2.05) is 6.92 Å². The standard InChI is InChI=1S/C24H17F3N2O4/c1-14-5-7-16(8-6-14)21(30)19-20(15-9-11-28-12-10-15)29(23(32)22(19)31)17-3-2-4-18(13-17)33-24(25,26)27/h2-13,20,30H,1H3/b21-19+. The number of aromatic nitrogens is 1. The van der Waals surface area contributed by atoms with Crippen LogP contribution in [0.3, 0.4) is 0 Å². The fraction of sp³-hybridized carbons (Fsp3) is 0.125. The van der Waals surface area contributed by atoms with Crippen LogP contribution in [-0.4, -0.2) is 28.1 Å². The first kappa shape index (κ1) is 22.1. The van der Waals surface area contributed by atoms with Crippen LogP contribution in [0.2, 0.25) is 0 Å². The predicted molar refractivity (Wildman–Crippen MR) is 113 cm³/mol. The highest BCUT2D eigenvalue weighted by Crippen LogP contribution is 2.42. The van der Waals surface area contributed by atoms with Crippen molar-refractivity contribution in [3.8, 4) is 5.75 Å². The molecule has 1 aliphatic heterocycles. The van der Waals surface area contributed by atoms with Crippen molar-refractivity contribution >= 4 is 23.1 Å². The number of aliphatic hydroxyl groups is 1. The molecule has 1 saturated heterocycles. The number of aryl methyl sites for hydroxylation is 1. The van der Waals surface area contributed by atoms with Crippen molar-refractivity contribution in [2.75, 3.05) is 4.90 Å². The number of carbonyl (C=O) groups excluding carboxylic acids is 2. The highest BCUT2D eigenvalue weighted by Gasteiger charge is 2.47. The monoisotopic (exact) mass is 454 g/mol. The van der Waals surface area contributed by atoms with E-state index >= 15 is 0 Å². The summed E-state index contributed by atoms with van der Waals surface area (Å²) in [4.78, 5) is 31.0. The third-order valence-corrected chi connectivity index (χ3v) is 5.12. The van der Waals surface area contributed by atoms with Crippen LogP contribution in [-0.2, 0) is 9.59 Å². The molecule has 0 radical (unpaired) electrons. The Hall–Kier alpha value is -4.14. The molecule has 1 aromatic heterocycles. The second-order valence-corrected chi connectivity index (χ2v) is 7.36. The highest BCUT2D eigenvalue weighted by atomic mass is 19.4. The molecule has 0 aliphatic carbocycles. The average molecular weight is 454 g/mol. The number of hydrogen-bond donors (Lipinski definition) is 1. The Kier molecular flexibility index (Phi) is 5.63. The number of Topliss-reactive ketones (excluding diaryl/α,β-unsaturated/α-hetero) is 1. The number of alkyl halides is 3. The molecule has 1 aliphatic rings. The van der Waals surface area contributed by atoms with Crippen LogP contribution < -0.4 is 9.64 Å². The Morgan fingerprint density at radius 1 is 1.03 bits per heavy atom. The number of rotatable bonds is 4. The van der Waals surface area contributed by atoms with Gasteiger partial charge in [0.05, 0.1) is 11.6 Å². The highest BCUT2D eigenvalue weighted by molar-refractivity contribution is 6.51. The number of hydrogen-bond acceptors (Lipinski definition) is 5. The molecule has 1 atom stereocenters. The van der Waals surface area contributed by atoms with Gasteiger partial charge in [-0.3, -0.25) is 19.5 Å². The van der Waals surface area contributed by atoms with Gasteiger partial charge in [0, 0.05) is 29.7 Å². The fourth-order valence-corrected chi connectivity index (χ4v) is 3.66. The molecule has 6 nitrogen and oxygen atoms in total. The van der Waals surface area contributed by atoms with Crippen molar-refractivity contribution in [1.82, 2.24) is 4.98 Å². The van der Waals surface area contributed by atoms with Crippen molar-refractivity contribution < 1.29 is 32.6 Å². The van der Waals surface area contributed by atoms with E-state index in [1.54, 1.807) is 36.4 Å². The van der Waals surface area contributed by atoms with E-state index in [2.05, 4.69) is 9.72 Å². The molecular weight excluding hydrogens is 437 g/mol. The van der Waals surface area contributed by atoms with Crippen LogP contribution in [0.4, 0.5) is 18.9 Å². The van der Waals surface area contributed by atoms with Gasteiger partial charge in [-0.25, -0.2) is 0 Å². The van der Waals surface area contributed by atoms with Crippen molar-refractivity contribution in [3.05, 3.63) is 95.3 Å². The second kappa shape index (κ2) is 8.42. The minimum atomic E-state index is -4.93. The maximum atomic E-state index is 13.0. The normalized spacial score (nSPS) is 17.9. The third kappa shape index (κ3) is 4.43. The molecule has 4 rings (SSSR count). The lowest BCUT2D eigenvalue weighted by Gasteiger charge is -2.25. The van der Waals surface area contributed by atoms with E-state index in [1.165, 1.54) is 24.5 Å². The quantitative estimate of drug-likeness (QED) is 0.344. The van der Waals surface area contributed by atoms with Gasteiger partial charge in [0.15, 0.2) is 0 Å². The molecule has 0 saturated carbocycles. The molecular formula is C24H17F3N2O4. The fourth-order valence-electron chi connectivity index (χ4n) is 3.66. The van der Waals surface area contributed by atoms with Crippen molar-refractivity contribution in [2.24, 2.45) is 0 Å². The molecule has 2 heterocycles.